The van der Waals surface area contributed by atoms with Crippen molar-refractivity contribution in [3.05, 3.63) is 0 Å². The van der Waals surface area contributed by atoms with E-state index in [0.29, 0.717) is 12.3 Å². The van der Waals surface area contributed by atoms with Gasteiger partial charge in [-0.1, -0.05) is 0 Å². The van der Waals surface area contributed by atoms with Gasteiger partial charge in [0.1, 0.15) is 0 Å². The third kappa shape index (κ3) is 6.08. The quantitative estimate of drug-likeness (QED) is 0.637. The molecule has 4 nitrogen and oxygen atoms in total. The standard InChI is InChI=1S/C12H24N2O2/c1-16-8-3-2-7-14-12(15)9-11-5-4-6-13-10-11/h11,13H,2-10H2,1H3,(H,14,15). The molecule has 2 N–H and O–H groups in total. The summed E-state index contributed by atoms with van der Waals surface area (Å²) in [5, 5.41) is 6.29. The van der Waals surface area contributed by atoms with E-state index in [1.54, 1.807) is 7.11 Å². The first-order valence-electron chi connectivity index (χ1n) is 6.29. The van der Waals surface area contributed by atoms with Crippen LogP contribution in [0.5, 0.6) is 0 Å². The molecule has 1 atom stereocenters. The summed E-state index contributed by atoms with van der Waals surface area (Å²) in [5.41, 5.74) is 0. The van der Waals surface area contributed by atoms with E-state index in [9.17, 15) is 4.79 Å². The Labute approximate surface area is 98.1 Å². The summed E-state index contributed by atoms with van der Waals surface area (Å²) < 4.78 is 4.95. The van der Waals surface area contributed by atoms with Crippen molar-refractivity contribution >= 4 is 5.91 Å². The Morgan fingerprint density at radius 1 is 1.50 bits per heavy atom. The van der Waals surface area contributed by atoms with Crippen LogP contribution in [0.3, 0.4) is 0 Å². The van der Waals surface area contributed by atoms with Gasteiger partial charge in [0.2, 0.25) is 5.91 Å². The highest BCUT2D eigenvalue weighted by Gasteiger charge is 2.16. The summed E-state index contributed by atoms with van der Waals surface area (Å²) in [4.78, 5) is 11.6. The molecule has 94 valence electrons. The Kier molecular flexibility index (Phi) is 7.17. The smallest absolute Gasteiger partial charge is 0.220 e. The van der Waals surface area contributed by atoms with Crippen molar-refractivity contribution in [1.29, 1.82) is 0 Å². The first kappa shape index (κ1) is 13.5. The molecule has 0 spiro atoms. The number of hydrogen-bond donors (Lipinski definition) is 2. The highest BCUT2D eigenvalue weighted by atomic mass is 16.5. The molecule has 1 aliphatic rings. The van der Waals surface area contributed by atoms with E-state index in [4.69, 9.17) is 4.74 Å². The summed E-state index contributed by atoms with van der Waals surface area (Å²) in [7, 11) is 1.70. The van der Waals surface area contributed by atoms with E-state index in [0.717, 1.165) is 39.1 Å². The lowest BCUT2D eigenvalue weighted by Gasteiger charge is -2.22. The van der Waals surface area contributed by atoms with E-state index >= 15 is 0 Å². The van der Waals surface area contributed by atoms with Gasteiger partial charge in [-0.15, -0.1) is 0 Å². The number of ether oxygens (including phenoxy) is 1. The van der Waals surface area contributed by atoms with Gasteiger partial charge in [0.15, 0.2) is 0 Å². The first-order chi connectivity index (χ1) is 7.83. The van der Waals surface area contributed by atoms with Gasteiger partial charge in [0, 0.05) is 26.7 Å². The van der Waals surface area contributed by atoms with Crippen LogP contribution in [0.2, 0.25) is 0 Å². The molecule has 0 aromatic carbocycles. The summed E-state index contributed by atoms with van der Waals surface area (Å²) in [6.07, 6.45) is 5.08. The minimum absolute atomic E-state index is 0.200. The van der Waals surface area contributed by atoms with Crippen LogP contribution in [0.1, 0.15) is 32.1 Å². The average molecular weight is 228 g/mol. The van der Waals surface area contributed by atoms with Gasteiger partial charge >= 0.3 is 0 Å². The Balaban J connectivity index is 1.97. The molecule has 0 aromatic heterocycles. The molecule has 0 saturated carbocycles. The fraction of sp³-hybridized carbons (Fsp3) is 0.917. The zero-order chi connectivity index (χ0) is 11.6. The molecule has 1 saturated heterocycles. The van der Waals surface area contributed by atoms with E-state index < -0.39 is 0 Å². The highest BCUT2D eigenvalue weighted by molar-refractivity contribution is 5.76. The average Bonchev–Trinajstić information content (AvgIpc) is 2.30. The SMILES string of the molecule is COCCCCNC(=O)CC1CCCNC1. The van der Waals surface area contributed by atoms with Crippen LogP contribution in [0.4, 0.5) is 0 Å². The maximum absolute atomic E-state index is 11.6. The van der Waals surface area contributed by atoms with Crippen molar-refractivity contribution in [2.24, 2.45) is 5.92 Å². The van der Waals surface area contributed by atoms with Gasteiger partial charge in [-0.25, -0.2) is 0 Å². The number of carbonyl (C=O) groups excluding carboxylic acids is 1. The van der Waals surface area contributed by atoms with Crippen LogP contribution < -0.4 is 10.6 Å². The van der Waals surface area contributed by atoms with Crippen molar-refractivity contribution < 1.29 is 9.53 Å². The lowest BCUT2D eigenvalue weighted by molar-refractivity contribution is -0.122. The number of piperidine rings is 1. The molecule has 1 heterocycles. The lowest BCUT2D eigenvalue weighted by atomic mass is 9.96. The molecule has 16 heavy (non-hydrogen) atoms. The zero-order valence-corrected chi connectivity index (χ0v) is 10.3. The molecule has 1 rings (SSSR count). The third-order valence-electron chi connectivity index (χ3n) is 2.97. The molecule has 0 aliphatic carbocycles. The topological polar surface area (TPSA) is 50.4 Å². The first-order valence-corrected chi connectivity index (χ1v) is 6.29. The molecule has 4 heteroatoms. The normalized spacial score (nSPS) is 20.7. The Hall–Kier alpha value is -0.610. The van der Waals surface area contributed by atoms with Crippen LogP contribution in [-0.4, -0.2) is 39.3 Å². The summed E-state index contributed by atoms with van der Waals surface area (Å²) in [5.74, 6) is 0.735. The number of methoxy groups -OCH3 is 1. The molecular weight excluding hydrogens is 204 g/mol. The van der Waals surface area contributed by atoms with Crippen molar-refractivity contribution in [3.8, 4) is 0 Å². The van der Waals surface area contributed by atoms with Gasteiger partial charge in [-0.05, 0) is 44.7 Å². The summed E-state index contributed by atoms with van der Waals surface area (Å²) in [6.45, 7) is 3.66. The minimum atomic E-state index is 0.200. The van der Waals surface area contributed by atoms with E-state index in [2.05, 4.69) is 10.6 Å². The summed E-state index contributed by atoms with van der Waals surface area (Å²) in [6, 6.07) is 0. The molecule has 1 aliphatic heterocycles. The minimum Gasteiger partial charge on any atom is -0.385 e. The summed E-state index contributed by atoms with van der Waals surface area (Å²) >= 11 is 0. The van der Waals surface area contributed by atoms with Crippen molar-refractivity contribution in [2.45, 2.75) is 32.1 Å². The van der Waals surface area contributed by atoms with Crippen LogP contribution in [0.15, 0.2) is 0 Å². The Morgan fingerprint density at radius 2 is 2.38 bits per heavy atom. The third-order valence-corrected chi connectivity index (χ3v) is 2.97. The Bertz CT molecular complexity index is 191. The van der Waals surface area contributed by atoms with Crippen molar-refractivity contribution in [1.82, 2.24) is 10.6 Å². The molecule has 1 fully saturated rings. The molecular formula is C12H24N2O2. The van der Waals surface area contributed by atoms with Gasteiger partial charge in [0.05, 0.1) is 0 Å². The second-order valence-electron chi connectivity index (χ2n) is 4.47. The molecule has 0 bridgehead atoms. The molecule has 1 amide bonds. The second kappa shape index (κ2) is 8.53. The van der Waals surface area contributed by atoms with Gasteiger partial charge in [0.25, 0.3) is 0 Å². The van der Waals surface area contributed by atoms with Crippen molar-refractivity contribution in [2.75, 3.05) is 33.4 Å². The number of carbonyl (C=O) groups is 1. The maximum atomic E-state index is 11.6. The maximum Gasteiger partial charge on any atom is 0.220 e. The fourth-order valence-electron chi connectivity index (χ4n) is 2.03. The predicted octanol–water partition coefficient (Wildman–Crippen LogP) is 0.919. The molecule has 0 radical (unpaired) electrons. The monoisotopic (exact) mass is 228 g/mol. The molecule has 0 aromatic rings. The van der Waals surface area contributed by atoms with E-state index in [1.807, 2.05) is 0 Å². The lowest BCUT2D eigenvalue weighted by Crippen LogP contribution is -2.34. The number of hydrogen-bond acceptors (Lipinski definition) is 3. The van der Waals surface area contributed by atoms with Gasteiger partial charge < -0.3 is 15.4 Å². The van der Waals surface area contributed by atoms with Crippen LogP contribution in [-0.2, 0) is 9.53 Å². The van der Waals surface area contributed by atoms with Crippen LogP contribution in [0.25, 0.3) is 0 Å². The van der Waals surface area contributed by atoms with Gasteiger partial charge in [-0.2, -0.15) is 0 Å². The Morgan fingerprint density at radius 3 is 3.06 bits per heavy atom. The zero-order valence-electron chi connectivity index (χ0n) is 10.3. The number of unbranched alkanes of at least 4 members (excludes halogenated alkanes) is 1. The van der Waals surface area contributed by atoms with E-state index in [1.165, 1.54) is 12.8 Å². The largest absolute Gasteiger partial charge is 0.385 e. The predicted molar refractivity (Wildman–Crippen MR) is 64.3 cm³/mol. The fourth-order valence-corrected chi connectivity index (χ4v) is 2.03. The van der Waals surface area contributed by atoms with E-state index in [-0.39, 0.29) is 5.91 Å². The van der Waals surface area contributed by atoms with Crippen molar-refractivity contribution in [3.63, 3.8) is 0 Å². The number of amides is 1. The molecule has 1 unspecified atom stereocenters. The number of nitrogens with one attached hydrogen (secondary N) is 2. The van der Waals surface area contributed by atoms with Crippen LogP contribution >= 0.6 is 0 Å². The van der Waals surface area contributed by atoms with Crippen LogP contribution in [0, 0.1) is 5.92 Å². The second-order valence-corrected chi connectivity index (χ2v) is 4.47. The highest BCUT2D eigenvalue weighted by Crippen LogP contribution is 2.13. The van der Waals surface area contributed by atoms with Gasteiger partial charge in [-0.3, -0.25) is 4.79 Å². The number of rotatable bonds is 7.